The molecule has 0 unspecified atom stereocenters. The quantitative estimate of drug-likeness (QED) is 0.783. The maximum Gasteiger partial charge on any atom is 0.276 e. The van der Waals surface area contributed by atoms with Crippen LogP contribution in [-0.2, 0) is 0 Å². The topological polar surface area (TPSA) is 103 Å². The molecule has 104 valence electrons. The minimum atomic E-state index is -0.356. The van der Waals surface area contributed by atoms with E-state index in [0.29, 0.717) is 11.4 Å². The lowest BCUT2D eigenvalue weighted by Crippen LogP contribution is -2.13. The second kappa shape index (κ2) is 6.01. The predicted molar refractivity (Wildman–Crippen MR) is 74.2 cm³/mol. The van der Waals surface area contributed by atoms with Crippen LogP contribution in [0.15, 0.2) is 42.0 Å². The number of nitrogens with zero attached hydrogens (tertiary/aromatic N) is 5. The van der Waals surface area contributed by atoms with Crippen molar-refractivity contribution in [1.82, 2.24) is 24.9 Å². The minimum Gasteiger partial charge on any atom is -0.434 e. The summed E-state index contributed by atoms with van der Waals surface area (Å²) in [5.74, 6) is 0.559. The van der Waals surface area contributed by atoms with Gasteiger partial charge in [0.15, 0.2) is 11.6 Å². The molecule has 0 aromatic carbocycles. The molecule has 3 aromatic heterocycles. The first kappa shape index (κ1) is 13.1. The van der Waals surface area contributed by atoms with Crippen LogP contribution in [0, 0.1) is 0 Å². The molecule has 0 saturated carbocycles. The number of nitrogens with one attached hydrogen (secondary N) is 1. The van der Waals surface area contributed by atoms with Crippen molar-refractivity contribution in [3.05, 3.63) is 47.7 Å². The Balaban J connectivity index is 1.73. The first-order valence-electron chi connectivity index (χ1n) is 5.76. The number of rotatable bonds is 4. The number of hydrogen-bond acceptors (Lipinski definition) is 8. The first-order chi connectivity index (χ1) is 10.3. The molecule has 0 aliphatic rings. The Labute approximate surface area is 122 Å². The molecule has 0 saturated heterocycles. The third-order valence-electron chi connectivity index (χ3n) is 2.28. The van der Waals surface area contributed by atoms with Gasteiger partial charge in [0.2, 0.25) is 5.88 Å². The van der Waals surface area contributed by atoms with Crippen LogP contribution in [-0.4, -0.2) is 30.8 Å². The zero-order valence-corrected chi connectivity index (χ0v) is 11.3. The second-order valence-electron chi connectivity index (χ2n) is 3.75. The fourth-order valence-electron chi connectivity index (χ4n) is 1.42. The summed E-state index contributed by atoms with van der Waals surface area (Å²) < 4.78 is 5.43. The SMILES string of the molecule is O=C(Nc1cncc(Oc2cncnc2)n1)c1cscn1. The Bertz CT molecular complexity index is 735. The fraction of sp³-hybridized carbons (Fsp3) is 0. The summed E-state index contributed by atoms with van der Waals surface area (Å²) in [4.78, 5) is 31.5. The number of hydrogen-bond donors (Lipinski definition) is 1. The largest absolute Gasteiger partial charge is 0.434 e. The number of carbonyl (C=O) groups excluding carboxylic acids is 1. The maximum atomic E-state index is 11.8. The van der Waals surface area contributed by atoms with Crippen LogP contribution in [0.5, 0.6) is 11.6 Å². The molecule has 0 bridgehead atoms. The van der Waals surface area contributed by atoms with Gasteiger partial charge in [0.05, 0.1) is 30.3 Å². The number of aromatic nitrogens is 5. The standard InChI is InChI=1S/C12H8N6O2S/c19-12(9-5-21-7-16-9)18-10-3-13-4-11(17-10)20-8-1-14-6-15-2-8/h1-7H,(H,17,18,19). The van der Waals surface area contributed by atoms with Gasteiger partial charge in [0.25, 0.3) is 5.91 Å². The lowest BCUT2D eigenvalue weighted by molar-refractivity contribution is 0.102. The van der Waals surface area contributed by atoms with Crippen molar-refractivity contribution < 1.29 is 9.53 Å². The van der Waals surface area contributed by atoms with Gasteiger partial charge in [-0.2, -0.15) is 4.98 Å². The van der Waals surface area contributed by atoms with Crippen molar-refractivity contribution in [2.24, 2.45) is 0 Å². The highest BCUT2D eigenvalue weighted by molar-refractivity contribution is 7.07. The third-order valence-corrected chi connectivity index (χ3v) is 2.86. The van der Waals surface area contributed by atoms with Crippen molar-refractivity contribution in [3.63, 3.8) is 0 Å². The normalized spacial score (nSPS) is 10.1. The van der Waals surface area contributed by atoms with E-state index in [1.165, 1.54) is 42.5 Å². The molecule has 21 heavy (non-hydrogen) atoms. The van der Waals surface area contributed by atoms with Gasteiger partial charge in [-0.1, -0.05) is 0 Å². The highest BCUT2D eigenvalue weighted by atomic mass is 32.1. The zero-order valence-electron chi connectivity index (χ0n) is 10.5. The van der Waals surface area contributed by atoms with E-state index in [0.717, 1.165) is 0 Å². The van der Waals surface area contributed by atoms with E-state index in [4.69, 9.17) is 4.74 Å². The Morgan fingerprint density at radius 3 is 2.76 bits per heavy atom. The first-order valence-corrected chi connectivity index (χ1v) is 6.70. The average molecular weight is 300 g/mol. The third kappa shape index (κ3) is 3.34. The van der Waals surface area contributed by atoms with Crippen molar-refractivity contribution in [3.8, 4) is 11.6 Å². The molecule has 0 aliphatic heterocycles. The van der Waals surface area contributed by atoms with Gasteiger partial charge in [-0.05, 0) is 0 Å². The maximum absolute atomic E-state index is 11.8. The Morgan fingerprint density at radius 2 is 2.00 bits per heavy atom. The molecule has 8 nitrogen and oxygen atoms in total. The van der Waals surface area contributed by atoms with E-state index in [2.05, 4.69) is 30.2 Å². The summed E-state index contributed by atoms with van der Waals surface area (Å²) in [6.45, 7) is 0. The lowest BCUT2D eigenvalue weighted by Gasteiger charge is -2.05. The van der Waals surface area contributed by atoms with Gasteiger partial charge in [-0.3, -0.25) is 9.78 Å². The Hall–Kier alpha value is -2.94. The van der Waals surface area contributed by atoms with E-state index in [9.17, 15) is 4.79 Å². The highest BCUT2D eigenvalue weighted by Gasteiger charge is 2.10. The molecule has 3 heterocycles. The molecule has 0 aliphatic carbocycles. The minimum absolute atomic E-state index is 0.223. The summed E-state index contributed by atoms with van der Waals surface area (Å²) in [5, 5.41) is 4.23. The van der Waals surface area contributed by atoms with Crippen LogP contribution >= 0.6 is 11.3 Å². The predicted octanol–water partition coefficient (Wildman–Crippen LogP) is 1.77. The summed E-state index contributed by atoms with van der Waals surface area (Å²) in [6.07, 6.45) is 7.22. The zero-order chi connectivity index (χ0) is 14.5. The number of ether oxygens (including phenoxy) is 1. The van der Waals surface area contributed by atoms with Crippen molar-refractivity contribution in [1.29, 1.82) is 0 Å². The molecule has 1 N–H and O–H groups in total. The van der Waals surface area contributed by atoms with Gasteiger partial charge in [-0.15, -0.1) is 11.3 Å². The van der Waals surface area contributed by atoms with E-state index in [1.807, 2.05) is 0 Å². The van der Waals surface area contributed by atoms with Gasteiger partial charge in [0, 0.05) is 5.38 Å². The number of carbonyl (C=O) groups is 1. The van der Waals surface area contributed by atoms with Gasteiger partial charge >= 0.3 is 0 Å². The molecule has 0 spiro atoms. The summed E-state index contributed by atoms with van der Waals surface area (Å²) in [5.41, 5.74) is 1.90. The number of amides is 1. The number of anilines is 1. The molecule has 9 heteroatoms. The van der Waals surface area contributed by atoms with Crippen molar-refractivity contribution >= 4 is 23.1 Å². The van der Waals surface area contributed by atoms with Gasteiger partial charge in [0.1, 0.15) is 12.0 Å². The summed E-state index contributed by atoms with van der Waals surface area (Å²) in [7, 11) is 0. The second-order valence-corrected chi connectivity index (χ2v) is 4.47. The van der Waals surface area contributed by atoms with E-state index in [-0.39, 0.29) is 17.6 Å². The molecular formula is C12H8N6O2S. The van der Waals surface area contributed by atoms with Crippen molar-refractivity contribution in [2.75, 3.05) is 5.32 Å². The van der Waals surface area contributed by atoms with E-state index < -0.39 is 0 Å². The molecule has 3 aromatic rings. The van der Waals surface area contributed by atoms with Gasteiger partial charge < -0.3 is 10.1 Å². The monoisotopic (exact) mass is 300 g/mol. The van der Waals surface area contributed by atoms with Crippen LogP contribution in [0.3, 0.4) is 0 Å². The van der Waals surface area contributed by atoms with Crippen LogP contribution < -0.4 is 10.1 Å². The van der Waals surface area contributed by atoms with Gasteiger partial charge in [-0.25, -0.2) is 15.0 Å². The summed E-state index contributed by atoms with van der Waals surface area (Å²) >= 11 is 1.34. The van der Waals surface area contributed by atoms with Crippen LogP contribution in [0.1, 0.15) is 10.5 Å². The van der Waals surface area contributed by atoms with Crippen LogP contribution in [0.25, 0.3) is 0 Å². The molecule has 0 radical (unpaired) electrons. The van der Waals surface area contributed by atoms with E-state index >= 15 is 0 Å². The Morgan fingerprint density at radius 1 is 1.14 bits per heavy atom. The Kier molecular flexibility index (Phi) is 3.74. The molecular weight excluding hydrogens is 292 g/mol. The molecule has 0 atom stereocenters. The molecule has 0 fully saturated rings. The van der Waals surface area contributed by atoms with Crippen LogP contribution in [0.4, 0.5) is 5.82 Å². The fourth-order valence-corrected chi connectivity index (χ4v) is 1.95. The lowest BCUT2D eigenvalue weighted by atomic mass is 10.4. The van der Waals surface area contributed by atoms with E-state index in [1.54, 1.807) is 10.9 Å². The van der Waals surface area contributed by atoms with Crippen molar-refractivity contribution in [2.45, 2.75) is 0 Å². The average Bonchev–Trinajstić information content (AvgIpc) is 3.03. The van der Waals surface area contributed by atoms with Crippen LogP contribution in [0.2, 0.25) is 0 Å². The summed E-state index contributed by atoms with van der Waals surface area (Å²) in [6, 6.07) is 0. The highest BCUT2D eigenvalue weighted by Crippen LogP contribution is 2.17. The smallest absolute Gasteiger partial charge is 0.276 e. The number of thiazole rings is 1. The molecule has 3 rings (SSSR count). The molecule has 1 amide bonds.